The lowest BCUT2D eigenvalue weighted by molar-refractivity contribution is -0.144. The fourth-order valence-electron chi connectivity index (χ4n) is 1.83. The van der Waals surface area contributed by atoms with Crippen molar-refractivity contribution in [2.24, 2.45) is 5.92 Å². The van der Waals surface area contributed by atoms with Crippen LogP contribution in [0.3, 0.4) is 0 Å². The van der Waals surface area contributed by atoms with Gasteiger partial charge >= 0.3 is 11.9 Å². The van der Waals surface area contributed by atoms with Crippen LogP contribution in [0.5, 0.6) is 0 Å². The molecule has 2 atom stereocenters. The number of esters is 1. The number of rotatable bonds is 2. The Hall–Kier alpha value is -1.84. The largest absolute Gasteiger partial charge is 0.481 e. The maximum absolute atomic E-state index is 11.1. The van der Waals surface area contributed by atoms with Crippen LogP contribution in [0.1, 0.15) is 23.7 Å². The predicted octanol–water partition coefficient (Wildman–Crippen LogP) is 1.68. The Morgan fingerprint density at radius 3 is 2.56 bits per heavy atom. The zero-order valence-electron chi connectivity index (χ0n) is 8.84. The molecule has 0 radical (unpaired) electrons. The van der Waals surface area contributed by atoms with Gasteiger partial charge in [0.25, 0.3) is 0 Å². The first-order chi connectivity index (χ1) is 7.58. The van der Waals surface area contributed by atoms with Crippen LogP contribution in [0.4, 0.5) is 0 Å². The van der Waals surface area contributed by atoms with Crippen LogP contribution in [0.15, 0.2) is 24.3 Å². The second kappa shape index (κ2) is 3.96. The van der Waals surface area contributed by atoms with Gasteiger partial charge in [-0.05, 0) is 12.5 Å². The molecule has 1 fully saturated rings. The van der Waals surface area contributed by atoms with E-state index in [2.05, 4.69) is 0 Å². The second-order valence-electron chi connectivity index (χ2n) is 3.97. The van der Waals surface area contributed by atoms with Crippen molar-refractivity contribution in [2.75, 3.05) is 0 Å². The molecule has 0 aliphatic carbocycles. The third-order valence-electron chi connectivity index (χ3n) is 2.73. The Kier molecular flexibility index (Phi) is 2.64. The van der Waals surface area contributed by atoms with E-state index >= 15 is 0 Å². The summed E-state index contributed by atoms with van der Waals surface area (Å²) in [7, 11) is 0. The molecule has 0 saturated carbocycles. The SMILES string of the molecule is Cc1ccc(C2OC(=O)CC2C(=O)O)cc1. The lowest BCUT2D eigenvalue weighted by Gasteiger charge is -2.14. The summed E-state index contributed by atoms with van der Waals surface area (Å²) >= 11 is 0. The normalized spacial score (nSPS) is 24.2. The van der Waals surface area contributed by atoms with Crippen LogP contribution in [0.25, 0.3) is 0 Å². The summed E-state index contributed by atoms with van der Waals surface area (Å²) in [5.41, 5.74) is 1.82. The number of benzene rings is 1. The van der Waals surface area contributed by atoms with Crippen LogP contribution >= 0.6 is 0 Å². The van der Waals surface area contributed by atoms with Crippen molar-refractivity contribution in [3.05, 3.63) is 35.4 Å². The van der Waals surface area contributed by atoms with Crippen LogP contribution in [0.2, 0.25) is 0 Å². The Morgan fingerprint density at radius 2 is 2.00 bits per heavy atom. The van der Waals surface area contributed by atoms with E-state index in [0.717, 1.165) is 11.1 Å². The molecule has 1 heterocycles. The highest BCUT2D eigenvalue weighted by Gasteiger charge is 2.40. The van der Waals surface area contributed by atoms with Gasteiger partial charge in [-0.15, -0.1) is 0 Å². The van der Waals surface area contributed by atoms with E-state index < -0.39 is 24.0 Å². The van der Waals surface area contributed by atoms with Gasteiger partial charge in [0.1, 0.15) is 12.0 Å². The topological polar surface area (TPSA) is 63.6 Å². The fraction of sp³-hybridized carbons (Fsp3) is 0.333. The zero-order valence-corrected chi connectivity index (χ0v) is 8.84. The smallest absolute Gasteiger partial charge is 0.311 e. The minimum Gasteiger partial charge on any atom is -0.481 e. The number of carboxylic acids is 1. The van der Waals surface area contributed by atoms with Crippen molar-refractivity contribution in [1.82, 2.24) is 0 Å². The molecule has 84 valence electrons. The maximum Gasteiger partial charge on any atom is 0.311 e. The Balaban J connectivity index is 2.28. The quantitative estimate of drug-likeness (QED) is 0.770. The van der Waals surface area contributed by atoms with E-state index in [1.54, 1.807) is 12.1 Å². The average Bonchev–Trinajstić information content (AvgIpc) is 2.61. The number of ether oxygens (including phenoxy) is 1. The van der Waals surface area contributed by atoms with Crippen molar-refractivity contribution in [1.29, 1.82) is 0 Å². The third-order valence-corrected chi connectivity index (χ3v) is 2.73. The third kappa shape index (κ3) is 1.91. The molecule has 1 aliphatic rings. The molecule has 16 heavy (non-hydrogen) atoms. The molecular formula is C12H12O4. The number of carbonyl (C=O) groups is 2. The fourth-order valence-corrected chi connectivity index (χ4v) is 1.83. The summed E-state index contributed by atoms with van der Waals surface area (Å²) in [6.07, 6.45) is -0.695. The molecule has 4 heteroatoms. The molecule has 1 saturated heterocycles. The Morgan fingerprint density at radius 1 is 1.38 bits per heavy atom. The van der Waals surface area contributed by atoms with Crippen LogP contribution in [0, 0.1) is 12.8 Å². The molecule has 4 nitrogen and oxygen atoms in total. The highest BCUT2D eigenvalue weighted by molar-refractivity contribution is 5.82. The van der Waals surface area contributed by atoms with E-state index in [-0.39, 0.29) is 6.42 Å². The molecule has 0 bridgehead atoms. The number of cyclic esters (lactones) is 1. The van der Waals surface area contributed by atoms with Gasteiger partial charge in [0.05, 0.1) is 6.42 Å². The molecule has 1 N–H and O–H groups in total. The first-order valence-electron chi connectivity index (χ1n) is 5.07. The first kappa shape index (κ1) is 10.7. The van der Waals surface area contributed by atoms with Crippen molar-refractivity contribution in [3.63, 3.8) is 0 Å². The van der Waals surface area contributed by atoms with Crippen LogP contribution in [-0.2, 0) is 14.3 Å². The number of aryl methyl sites for hydroxylation is 1. The zero-order chi connectivity index (χ0) is 11.7. The number of carbonyl (C=O) groups excluding carboxylic acids is 1. The van der Waals surface area contributed by atoms with Crippen LogP contribution in [-0.4, -0.2) is 17.0 Å². The van der Waals surface area contributed by atoms with E-state index in [1.165, 1.54) is 0 Å². The van der Waals surface area contributed by atoms with Crippen molar-refractivity contribution < 1.29 is 19.4 Å². The highest BCUT2D eigenvalue weighted by Crippen LogP contribution is 2.35. The number of carboxylic acid groups (broad SMARTS) is 1. The average molecular weight is 220 g/mol. The summed E-state index contributed by atoms with van der Waals surface area (Å²) in [4.78, 5) is 22.1. The molecule has 0 amide bonds. The van der Waals surface area contributed by atoms with Gasteiger partial charge in [0.2, 0.25) is 0 Å². The number of aliphatic carboxylic acids is 1. The summed E-state index contributed by atoms with van der Waals surface area (Å²) in [6, 6.07) is 7.35. The Bertz CT molecular complexity index is 421. The number of hydrogen-bond acceptors (Lipinski definition) is 3. The molecule has 1 aliphatic heterocycles. The highest BCUT2D eigenvalue weighted by atomic mass is 16.6. The molecule has 1 aromatic rings. The number of hydrogen-bond donors (Lipinski definition) is 1. The monoisotopic (exact) mass is 220 g/mol. The molecule has 2 rings (SSSR count). The van der Waals surface area contributed by atoms with Gasteiger partial charge in [-0.2, -0.15) is 0 Å². The summed E-state index contributed by atoms with van der Waals surface area (Å²) < 4.78 is 5.04. The lowest BCUT2D eigenvalue weighted by atomic mass is 9.95. The van der Waals surface area contributed by atoms with E-state index in [1.807, 2.05) is 19.1 Å². The van der Waals surface area contributed by atoms with Gasteiger partial charge in [-0.3, -0.25) is 9.59 Å². The molecule has 0 spiro atoms. The van der Waals surface area contributed by atoms with Crippen molar-refractivity contribution in [2.45, 2.75) is 19.4 Å². The maximum atomic E-state index is 11.1. The van der Waals surface area contributed by atoms with Gasteiger partial charge in [0, 0.05) is 0 Å². The molecule has 0 aromatic heterocycles. The van der Waals surface area contributed by atoms with E-state index in [0.29, 0.717) is 0 Å². The first-order valence-corrected chi connectivity index (χ1v) is 5.07. The van der Waals surface area contributed by atoms with Crippen molar-refractivity contribution >= 4 is 11.9 Å². The van der Waals surface area contributed by atoms with Gasteiger partial charge < -0.3 is 9.84 Å². The minimum atomic E-state index is -0.989. The minimum absolute atomic E-state index is 0.0477. The molecule has 2 unspecified atom stereocenters. The molecular weight excluding hydrogens is 208 g/mol. The molecule has 1 aromatic carbocycles. The predicted molar refractivity (Wildman–Crippen MR) is 55.8 cm³/mol. The summed E-state index contributed by atoms with van der Waals surface area (Å²) in [5.74, 6) is -2.20. The Labute approximate surface area is 92.8 Å². The van der Waals surface area contributed by atoms with E-state index in [9.17, 15) is 9.59 Å². The summed E-state index contributed by atoms with van der Waals surface area (Å²) in [5, 5.41) is 8.99. The standard InChI is InChI=1S/C12H12O4/c1-7-2-4-8(5-3-7)11-9(12(14)15)6-10(13)16-11/h2-5,9,11H,6H2,1H3,(H,14,15). The lowest BCUT2D eigenvalue weighted by Crippen LogP contribution is -2.17. The second-order valence-corrected chi connectivity index (χ2v) is 3.97. The van der Waals surface area contributed by atoms with Gasteiger partial charge in [0.15, 0.2) is 0 Å². The van der Waals surface area contributed by atoms with E-state index in [4.69, 9.17) is 9.84 Å². The van der Waals surface area contributed by atoms with Crippen LogP contribution < -0.4 is 0 Å². The van der Waals surface area contributed by atoms with Crippen molar-refractivity contribution in [3.8, 4) is 0 Å². The van der Waals surface area contributed by atoms with Gasteiger partial charge in [-0.25, -0.2) is 0 Å². The van der Waals surface area contributed by atoms with Gasteiger partial charge in [-0.1, -0.05) is 29.8 Å². The summed E-state index contributed by atoms with van der Waals surface area (Å²) in [6.45, 7) is 1.94.